The number of hydrogen-bond donors (Lipinski definition) is 0. The second-order valence-corrected chi connectivity index (χ2v) is 11.7. The van der Waals surface area contributed by atoms with Crippen molar-refractivity contribution in [2.24, 2.45) is 4.99 Å². The number of rotatable bonds is 7. The lowest BCUT2D eigenvalue weighted by molar-refractivity contribution is -0.139. The zero-order valence-electron chi connectivity index (χ0n) is 21.5. The molecule has 10 heteroatoms. The van der Waals surface area contributed by atoms with Gasteiger partial charge in [0, 0.05) is 10.0 Å². The number of thiazole rings is 1. The molecule has 1 aliphatic rings. The second kappa shape index (κ2) is 12.1. The van der Waals surface area contributed by atoms with Gasteiger partial charge in [0.25, 0.3) is 5.56 Å². The summed E-state index contributed by atoms with van der Waals surface area (Å²) in [5.41, 5.74) is 2.97. The summed E-state index contributed by atoms with van der Waals surface area (Å²) in [6.45, 7) is 4.00. The van der Waals surface area contributed by atoms with Crippen molar-refractivity contribution in [3.05, 3.63) is 129 Å². The van der Waals surface area contributed by atoms with Crippen molar-refractivity contribution in [1.82, 2.24) is 4.57 Å². The van der Waals surface area contributed by atoms with Crippen LogP contribution in [-0.4, -0.2) is 17.1 Å². The third-order valence-electron chi connectivity index (χ3n) is 6.29. The first-order valence-electron chi connectivity index (χ1n) is 12.4. The predicted molar refractivity (Wildman–Crippen MR) is 162 cm³/mol. The molecule has 1 aliphatic heterocycles. The molecule has 3 aromatic carbocycles. The van der Waals surface area contributed by atoms with E-state index in [1.54, 1.807) is 36.6 Å². The molecule has 5 rings (SSSR count). The van der Waals surface area contributed by atoms with Crippen LogP contribution < -0.4 is 19.6 Å². The number of fused-ring (bicyclic) bond motifs is 1. The lowest BCUT2D eigenvalue weighted by Gasteiger charge is -2.24. The van der Waals surface area contributed by atoms with Crippen molar-refractivity contribution in [2.45, 2.75) is 26.5 Å². The Hall–Kier alpha value is -3.17. The number of para-hydroxylation sites is 1. The van der Waals surface area contributed by atoms with E-state index in [4.69, 9.17) is 32.7 Å². The minimum absolute atomic E-state index is 0.214. The average Bonchev–Trinajstić information content (AvgIpc) is 3.24. The van der Waals surface area contributed by atoms with Crippen LogP contribution in [0.3, 0.4) is 0 Å². The topological polar surface area (TPSA) is 69.9 Å². The molecule has 0 fully saturated rings. The molecule has 1 atom stereocenters. The molecule has 6 nitrogen and oxygen atoms in total. The Kier molecular flexibility index (Phi) is 8.61. The van der Waals surface area contributed by atoms with Gasteiger partial charge in [-0.2, -0.15) is 0 Å². The number of benzene rings is 3. The van der Waals surface area contributed by atoms with E-state index >= 15 is 0 Å². The maximum Gasteiger partial charge on any atom is 0.338 e. The molecule has 0 saturated heterocycles. The van der Waals surface area contributed by atoms with E-state index in [1.807, 2.05) is 54.6 Å². The Morgan fingerprint density at radius 1 is 1.10 bits per heavy atom. The summed E-state index contributed by atoms with van der Waals surface area (Å²) in [6, 6.07) is 19.7. The van der Waals surface area contributed by atoms with Crippen molar-refractivity contribution >= 4 is 62.5 Å². The Labute approximate surface area is 252 Å². The van der Waals surface area contributed by atoms with Crippen molar-refractivity contribution in [2.75, 3.05) is 6.61 Å². The standard InChI is InChI=1S/C30H23BrCl2N2O4S/c1-3-38-29(37)26-17(2)34-30-35(27(26)19-9-11-21(31)12-10-19)28(36)25(40-30)15-20-6-4-5-7-24(20)39-16-18-8-13-22(32)23(33)14-18/h4-15,27H,3,16H2,1-2H3/b25-15-/t27-/m1/s1. The molecule has 204 valence electrons. The van der Waals surface area contributed by atoms with Crippen LogP contribution in [0.1, 0.15) is 36.6 Å². The quantitative estimate of drug-likeness (QED) is 0.214. The van der Waals surface area contributed by atoms with Gasteiger partial charge in [0.15, 0.2) is 4.80 Å². The minimum Gasteiger partial charge on any atom is -0.488 e. The molecule has 0 amide bonds. The number of aromatic nitrogens is 1. The lowest BCUT2D eigenvalue weighted by atomic mass is 9.96. The van der Waals surface area contributed by atoms with Crippen LogP contribution in [0.2, 0.25) is 10.0 Å². The Morgan fingerprint density at radius 2 is 1.85 bits per heavy atom. The Morgan fingerprint density at radius 3 is 2.58 bits per heavy atom. The molecule has 40 heavy (non-hydrogen) atoms. The maximum absolute atomic E-state index is 13.9. The summed E-state index contributed by atoms with van der Waals surface area (Å²) in [4.78, 5) is 32.1. The van der Waals surface area contributed by atoms with E-state index in [0.717, 1.165) is 21.2 Å². The molecule has 0 aliphatic carbocycles. The van der Waals surface area contributed by atoms with Gasteiger partial charge in [0.05, 0.1) is 38.5 Å². The first-order chi connectivity index (χ1) is 19.3. The molecular formula is C30H23BrCl2N2O4S. The van der Waals surface area contributed by atoms with Crippen LogP contribution >= 0.6 is 50.5 Å². The van der Waals surface area contributed by atoms with Crippen LogP contribution in [0.15, 0.2) is 92.3 Å². The first-order valence-corrected chi connectivity index (χ1v) is 14.7. The molecular weight excluding hydrogens is 635 g/mol. The lowest BCUT2D eigenvalue weighted by Crippen LogP contribution is -2.39. The van der Waals surface area contributed by atoms with Crippen LogP contribution in [0.5, 0.6) is 5.75 Å². The van der Waals surface area contributed by atoms with Gasteiger partial charge >= 0.3 is 5.97 Å². The number of esters is 1. The maximum atomic E-state index is 13.9. The third-order valence-corrected chi connectivity index (χ3v) is 8.54. The Bertz CT molecular complexity index is 1810. The molecule has 0 radical (unpaired) electrons. The van der Waals surface area contributed by atoms with Gasteiger partial charge in [0.1, 0.15) is 12.4 Å². The zero-order valence-corrected chi connectivity index (χ0v) is 25.4. The minimum atomic E-state index is -0.674. The summed E-state index contributed by atoms with van der Waals surface area (Å²) < 4.78 is 14.4. The molecule has 4 aromatic rings. The van der Waals surface area contributed by atoms with Crippen molar-refractivity contribution < 1.29 is 14.3 Å². The number of halogens is 3. The van der Waals surface area contributed by atoms with Crippen molar-refractivity contribution in [3.63, 3.8) is 0 Å². The number of carbonyl (C=O) groups excluding carboxylic acids is 1. The van der Waals surface area contributed by atoms with Gasteiger partial charge in [-0.3, -0.25) is 9.36 Å². The fourth-order valence-corrected chi connectivity index (χ4v) is 6.04. The van der Waals surface area contributed by atoms with E-state index < -0.39 is 12.0 Å². The highest BCUT2D eigenvalue weighted by molar-refractivity contribution is 9.10. The number of ether oxygens (including phenoxy) is 2. The van der Waals surface area contributed by atoms with Crippen molar-refractivity contribution in [3.8, 4) is 5.75 Å². The van der Waals surface area contributed by atoms with E-state index in [9.17, 15) is 9.59 Å². The molecule has 0 unspecified atom stereocenters. The number of hydrogen-bond acceptors (Lipinski definition) is 6. The molecule has 0 spiro atoms. The summed E-state index contributed by atoms with van der Waals surface area (Å²) in [7, 11) is 0. The smallest absolute Gasteiger partial charge is 0.338 e. The number of allylic oxidation sites excluding steroid dienone is 1. The van der Waals surface area contributed by atoms with E-state index in [2.05, 4.69) is 20.9 Å². The Balaban J connectivity index is 1.58. The normalized spacial score (nSPS) is 15.0. The van der Waals surface area contributed by atoms with Gasteiger partial charge in [-0.15, -0.1) is 0 Å². The van der Waals surface area contributed by atoms with Gasteiger partial charge < -0.3 is 9.47 Å². The summed E-state index contributed by atoms with van der Waals surface area (Å²) in [6.07, 6.45) is 1.79. The van der Waals surface area contributed by atoms with Crippen LogP contribution in [0.25, 0.3) is 6.08 Å². The predicted octanol–water partition coefficient (Wildman–Crippen LogP) is 6.45. The fraction of sp³-hybridized carbons (Fsp3) is 0.167. The second-order valence-electron chi connectivity index (χ2n) is 8.93. The summed E-state index contributed by atoms with van der Waals surface area (Å²) in [5, 5.41) is 0.930. The first kappa shape index (κ1) is 28.4. The van der Waals surface area contributed by atoms with Gasteiger partial charge in [-0.25, -0.2) is 9.79 Å². The SMILES string of the molecule is CCOC(=O)C1=C(C)N=c2s/c(=C\c3ccccc3OCc3ccc(Cl)c(Cl)c3)c(=O)n2[C@@H]1c1ccc(Br)cc1. The third kappa shape index (κ3) is 5.81. The molecule has 0 N–H and O–H groups in total. The molecule has 0 bridgehead atoms. The van der Waals surface area contributed by atoms with Gasteiger partial charge in [-0.05, 0) is 61.4 Å². The molecule has 2 heterocycles. The largest absolute Gasteiger partial charge is 0.488 e. The highest BCUT2D eigenvalue weighted by Crippen LogP contribution is 2.31. The fourth-order valence-electron chi connectivity index (χ4n) is 4.41. The van der Waals surface area contributed by atoms with E-state index in [-0.39, 0.29) is 18.8 Å². The molecule has 1 aromatic heterocycles. The number of carbonyl (C=O) groups is 1. The molecule has 0 saturated carbocycles. The van der Waals surface area contributed by atoms with Crippen molar-refractivity contribution in [1.29, 1.82) is 0 Å². The van der Waals surface area contributed by atoms with Gasteiger partial charge in [0.2, 0.25) is 0 Å². The van der Waals surface area contributed by atoms with E-state index in [1.165, 1.54) is 11.3 Å². The monoisotopic (exact) mass is 656 g/mol. The average molecular weight is 658 g/mol. The zero-order chi connectivity index (χ0) is 28.4. The van der Waals surface area contributed by atoms with E-state index in [0.29, 0.717) is 36.4 Å². The van der Waals surface area contributed by atoms with Crippen LogP contribution in [0, 0.1) is 0 Å². The summed E-state index contributed by atoms with van der Waals surface area (Å²) in [5.74, 6) is 0.110. The highest BCUT2D eigenvalue weighted by Gasteiger charge is 2.33. The van der Waals surface area contributed by atoms with Crippen LogP contribution in [-0.2, 0) is 16.1 Å². The van der Waals surface area contributed by atoms with Gasteiger partial charge in [-0.1, -0.05) is 86.9 Å². The van der Waals surface area contributed by atoms with Crippen LogP contribution in [0.4, 0.5) is 0 Å². The summed E-state index contributed by atoms with van der Waals surface area (Å²) >= 11 is 16.9. The highest BCUT2D eigenvalue weighted by atomic mass is 79.9. The number of nitrogens with zero attached hydrogens (tertiary/aromatic N) is 2.